The van der Waals surface area contributed by atoms with Crippen molar-refractivity contribution in [1.82, 2.24) is 0 Å². The number of anilines is 3. The van der Waals surface area contributed by atoms with E-state index >= 15 is 0 Å². The van der Waals surface area contributed by atoms with Crippen LogP contribution in [0.5, 0.6) is 0 Å². The average Bonchev–Trinajstić information content (AvgIpc) is 3.62. The molecule has 0 aliphatic heterocycles. The molecule has 1 heterocycles. The largest absolute Gasteiger partial charge is 0.456 e. The molecule has 0 bridgehead atoms. The third kappa shape index (κ3) is 4.81. The molecule has 0 fully saturated rings. The molecule has 252 valence electrons. The zero-order chi connectivity index (χ0) is 35.6. The van der Waals surface area contributed by atoms with Gasteiger partial charge in [-0.25, -0.2) is 0 Å². The van der Waals surface area contributed by atoms with E-state index in [2.05, 4.69) is 193 Å². The minimum absolute atomic E-state index is 0.884. The lowest BCUT2D eigenvalue weighted by atomic mass is 9.90. The van der Waals surface area contributed by atoms with Gasteiger partial charge in [-0.15, -0.1) is 0 Å². The lowest BCUT2D eigenvalue weighted by Crippen LogP contribution is -2.10. The standard InChI is InChI=1S/C52H33NO/c1-2-12-34(13-3-1)36-15-10-16-37(32-36)53(38-25-31-52-49(33-38)48-20-8-9-23-51(48)54-52)50-30-29-46(42-18-6-7-19-47(42)50)41-22-11-21-40-44-26-24-35-14-4-5-17-39(35)43(44)27-28-45(40)41/h1-33H. The lowest BCUT2D eigenvalue weighted by Gasteiger charge is -2.28. The van der Waals surface area contributed by atoms with Crippen LogP contribution in [-0.4, -0.2) is 0 Å². The first-order chi connectivity index (χ1) is 26.8. The summed E-state index contributed by atoms with van der Waals surface area (Å²) in [6.07, 6.45) is 0. The highest BCUT2D eigenvalue weighted by molar-refractivity contribution is 6.21. The first-order valence-corrected chi connectivity index (χ1v) is 18.5. The van der Waals surface area contributed by atoms with Gasteiger partial charge in [0.2, 0.25) is 0 Å². The van der Waals surface area contributed by atoms with Crippen LogP contribution in [0.25, 0.3) is 87.3 Å². The normalized spacial score (nSPS) is 11.7. The van der Waals surface area contributed by atoms with E-state index in [1.54, 1.807) is 0 Å². The van der Waals surface area contributed by atoms with E-state index in [-0.39, 0.29) is 0 Å². The van der Waals surface area contributed by atoms with Crippen molar-refractivity contribution in [1.29, 1.82) is 0 Å². The number of nitrogens with zero attached hydrogens (tertiary/aromatic N) is 1. The van der Waals surface area contributed by atoms with Crippen LogP contribution >= 0.6 is 0 Å². The van der Waals surface area contributed by atoms with E-state index in [1.807, 2.05) is 12.1 Å². The van der Waals surface area contributed by atoms with E-state index in [9.17, 15) is 0 Å². The van der Waals surface area contributed by atoms with Crippen molar-refractivity contribution in [3.05, 3.63) is 200 Å². The molecule has 2 nitrogen and oxygen atoms in total. The van der Waals surface area contributed by atoms with Gasteiger partial charge in [0.25, 0.3) is 0 Å². The van der Waals surface area contributed by atoms with Crippen molar-refractivity contribution in [2.75, 3.05) is 4.90 Å². The molecule has 0 spiro atoms. The summed E-state index contributed by atoms with van der Waals surface area (Å²) in [5, 5.41) is 12.2. The van der Waals surface area contributed by atoms with Crippen LogP contribution in [0.15, 0.2) is 205 Å². The number of fused-ring (bicyclic) bond motifs is 9. The van der Waals surface area contributed by atoms with Gasteiger partial charge in [-0.2, -0.15) is 0 Å². The summed E-state index contributed by atoms with van der Waals surface area (Å²) in [7, 11) is 0. The molecule has 0 saturated heterocycles. The van der Waals surface area contributed by atoms with Gasteiger partial charge in [0.1, 0.15) is 11.2 Å². The highest BCUT2D eigenvalue weighted by atomic mass is 16.3. The highest BCUT2D eigenvalue weighted by Crippen LogP contribution is 2.45. The van der Waals surface area contributed by atoms with Gasteiger partial charge in [-0.1, -0.05) is 158 Å². The Morgan fingerprint density at radius 1 is 0.296 bits per heavy atom. The summed E-state index contributed by atoms with van der Waals surface area (Å²) in [5.74, 6) is 0. The molecule has 10 aromatic carbocycles. The van der Waals surface area contributed by atoms with E-state index in [0.717, 1.165) is 39.0 Å². The summed E-state index contributed by atoms with van der Waals surface area (Å²) in [4.78, 5) is 2.40. The Morgan fingerprint density at radius 2 is 0.889 bits per heavy atom. The molecular weight excluding hydrogens is 655 g/mol. The molecular formula is C52H33NO. The molecule has 0 amide bonds. The van der Waals surface area contributed by atoms with Gasteiger partial charge in [0.15, 0.2) is 0 Å². The van der Waals surface area contributed by atoms with Crippen molar-refractivity contribution < 1.29 is 4.42 Å². The fraction of sp³-hybridized carbons (Fsp3) is 0. The molecule has 0 unspecified atom stereocenters. The molecule has 0 saturated carbocycles. The summed E-state index contributed by atoms with van der Waals surface area (Å²) in [6.45, 7) is 0. The average molecular weight is 688 g/mol. The van der Waals surface area contributed by atoms with Gasteiger partial charge in [-0.05, 0) is 102 Å². The minimum atomic E-state index is 0.884. The van der Waals surface area contributed by atoms with Crippen LogP contribution < -0.4 is 4.90 Å². The van der Waals surface area contributed by atoms with Crippen LogP contribution in [0.2, 0.25) is 0 Å². The smallest absolute Gasteiger partial charge is 0.135 e. The Balaban J connectivity index is 1.14. The molecule has 54 heavy (non-hydrogen) atoms. The zero-order valence-electron chi connectivity index (χ0n) is 29.4. The van der Waals surface area contributed by atoms with Gasteiger partial charge < -0.3 is 9.32 Å². The number of rotatable bonds is 5. The van der Waals surface area contributed by atoms with E-state index in [1.165, 1.54) is 65.3 Å². The molecule has 2 heteroatoms. The molecule has 11 aromatic rings. The number of furan rings is 1. The summed E-state index contributed by atoms with van der Waals surface area (Å²) >= 11 is 0. The lowest BCUT2D eigenvalue weighted by molar-refractivity contribution is 0.669. The molecule has 0 N–H and O–H groups in total. The summed E-state index contributed by atoms with van der Waals surface area (Å²) in [5.41, 5.74) is 9.86. The SMILES string of the molecule is c1ccc(-c2cccc(N(c3ccc4oc5ccccc5c4c3)c3ccc(-c4cccc5c4ccc4c6ccccc6ccc54)c4ccccc34)c2)cc1. The minimum Gasteiger partial charge on any atom is -0.456 e. The molecule has 0 atom stereocenters. The Morgan fingerprint density at radius 3 is 1.80 bits per heavy atom. The zero-order valence-corrected chi connectivity index (χ0v) is 29.4. The maximum atomic E-state index is 6.27. The number of hydrogen-bond acceptors (Lipinski definition) is 2. The second-order valence-electron chi connectivity index (χ2n) is 14.1. The van der Waals surface area contributed by atoms with Crippen molar-refractivity contribution in [2.45, 2.75) is 0 Å². The maximum absolute atomic E-state index is 6.27. The number of benzene rings is 10. The number of para-hydroxylation sites is 1. The Labute approximate surface area is 312 Å². The predicted octanol–water partition coefficient (Wildman–Crippen LogP) is 15.0. The molecule has 11 rings (SSSR count). The summed E-state index contributed by atoms with van der Waals surface area (Å²) in [6, 6.07) is 72.4. The van der Waals surface area contributed by atoms with Crippen molar-refractivity contribution in [3.63, 3.8) is 0 Å². The predicted molar refractivity (Wildman–Crippen MR) is 229 cm³/mol. The second kappa shape index (κ2) is 12.2. The summed E-state index contributed by atoms with van der Waals surface area (Å²) < 4.78 is 6.27. The van der Waals surface area contributed by atoms with E-state index in [0.29, 0.717) is 0 Å². The fourth-order valence-corrected chi connectivity index (χ4v) is 8.54. The third-order valence-corrected chi connectivity index (χ3v) is 11.0. The van der Waals surface area contributed by atoms with Gasteiger partial charge in [0, 0.05) is 27.5 Å². The third-order valence-electron chi connectivity index (χ3n) is 11.0. The van der Waals surface area contributed by atoms with Crippen molar-refractivity contribution in [2.24, 2.45) is 0 Å². The molecule has 0 radical (unpaired) electrons. The van der Waals surface area contributed by atoms with Crippen LogP contribution in [0, 0.1) is 0 Å². The second-order valence-corrected chi connectivity index (χ2v) is 14.1. The topological polar surface area (TPSA) is 16.4 Å². The maximum Gasteiger partial charge on any atom is 0.135 e. The Bertz CT molecular complexity index is 3230. The van der Waals surface area contributed by atoms with Gasteiger partial charge in [-0.3, -0.25) is 0 Å². The first-order valence-electron chi connectivity index (χ1n) is 18.5. The van der Waals surface area contributed by atoms with E-state index < -0.39 is 0 Å². The van der Waals surface area contributed by atoms with Gasteiger partial charge >= 0.3 is 0 Å². The van der Waals surface area contributed by atoms with Crippen LogP contribution in [0.1, 0.15) is 0 Å². The van der Waals surface area contributed by atoms with Crippen LogP contribution in [0.4, 0.5) is 17.1 Å². The van der Waals surface area contributed by atoms with E-state index in [4.69, 9.17) is 4.42 Å². The Kier molecular flexibility index (Phi) is 6.90. The van der Waals surface area contributed by atoms with Crippen LogP contribution in [-0.2, 0) is 0 Å². The quantitative estimate of drug-likeness (QED) is 0.168. The number of hydrogen-bond donors (Lipinski definition) is 0. The fourth-order valence-electron chi connectivity index (χ4n) is 8.54. The monoisotopic (exact) mass is 687 g/mol. The van der Waals surface area contributed by atoms with Gasteiger partial charge in [0.05, 0.1) is 5.69 Å². The molecule has 1 aromatic heterocycles. The first kappa shape index (κ1) is 30.5. The molecule has 0 aliphatic carbocycles. The van der Waals surface area contributed by atoms with Crippen molar-refractivity contribution >= 4 is 82.1 Å². The van der Waals surface area contributed by atoms with Crippen LogP contribution in [0.3, 0.4) is 0 Å². The highest BCUT2D eigenvalue weighted by Gasteiger charge is 2.20. The Hall–Kier alpha value is -7.16. The van der Waals surface area contributed by atoms with Crippen molar-refractivity contribution in [3.8, 4) is 22.3 Å². The molecule has 0 aliphatic rings.